The van der Waals surface area contributed by atoms with Crippen molar-refractivity contribution in [2.75, 3.05) is 5.32 Å². The number of halogens is 3. The Kier molecular flexibility index (Phi) is 6.19. The molecule has 1 atom stereocenters. The highest BCUT2D eigenvalue weighted by Gasteiger charge is 2.30. The van der Waals surface area contributed by atoms with Gasteiger partial charge in [-0.15, -0.1) is 0 Å². The van der Waals surface area contributed by atoms with Gasteiger partial charge in [-0.05, 0) is 47.7 Å². The number of alkyl halides is 3. The average molecular weight is 379 g/mol. The second-order valence-electron chi connectivity index (χ2n) is 7.36. The number of hydrogen-bond donors (Lipinski definition) is 1. The lowest BCUT2D eigenvalue weighted by Gasteiger charge is -2.21. The lowest BCUT2D eigenvalue weighted by Crippen LogP contribution is -2.32. The van der Waals surface area contributed by atoms with E-state index in [1.807, 2.05) is 12.1 Å². The molecule has 0 radical (unpaired) electrons. The van der Waals surface area contributed by atoms with E-state index in [2.05, 4.69) is 26.1 Å². The molecule has 0 spiro atoms. The zero-order valence-electron chi connectivity index (χ0n) is 15.9. The molecule has 0 unspecified atom stereocenters. The lowest BCUT2D eigenvalue weighted by atomic mass is 9.87. The molecule has 3 nitrogen and oxygen atoms in total. The summed E-state index contributed by atoms with van der Waals surface area (Å²) in [5, 5.41) is 2.50. The SMILES string of the molecule is CC[C@H](Oc1ccc(C(C)(C)C)cc1)C(=O)Nc1cccc(C(F)(F)F)c1. The Morgan fingerprint density at radius 2 is 1.67 bits per heavy atom. The van der Waals surface area contributed by atoms with Crippen LogP contribution in [0, 0.1) is 0 Å². The van der Waals surface area contributed by atoms with Crippen LogP contribution in [-0.2, 0) is 16.4 Å². The number of anilines is 1. The van der Waals surface area contributed by atoms with Crippen LogP contribution in [0.3, 0.4) is 0 Å². The summed E-state index contributed by atoms with van der Waals surface area (Å²) >= 11 is 0. The first-order chi connectivity index (χ1) is 12.5. The molecule has 6 heteroatoms. The number of ether oxygens (including phenoxy) is 1. The molecule has 0 aliphatic rings. The highest BCUT2D eigenvalue weighted by molar-refractivity contribution is 5.94. The molecule has 0 saturated carbocycles. The summed E-state index contributed by atoms with van der Waals surface area (Å²) in [5.74, 6) is 0.0470. The fraction of sp³-hybridized carbons (Fsp3) is 0.381. The predicted octanol–water partition coefficient (Wildman–Crippen LogP) is 5.80. The van der Waals surface area contributed by atoms with E-state index in [0.717, 1.165) is 17.7 Å². The highest BCUT2D eigenvalue weighted by atomic mass is 19.4. The molecule has 0 heterocycles. The zero-order chi connectivity index (χ0) is 20.2. The minimum absolute atomic E-state index is 0.00353. The molecule has 0 aromatic heterocycles. The van der Waals surface area contributed by atoms with Gasteiger partial charge < -0.3 is 10.1 Å². The van der Waals surface area contributed by atoms with Gasteiger partial charge in [0.2, 0.25) is 0 Å². The van der Waals surface area contributed by atoms with Gasteiger partial charge in [-0.1, -0.05) is 45.9 Å². The van der Waals surface area contributed by atoms with Crippen molar-refractivity contribution in [3.05, 3.63) is 59.7 Å². The third kappa shape index (κ3) is 5.74. The fourth-order valence-electron chi connectivity index (χ4n) is 2.52. The van der Waals surface area contributed by atoms with Crippen molar-refractivity contribution in [1.29, 1.82) is 0 Å². The summed E-state index contributed by atoms with van der Waals surface area (Å²) < 4.78 is 44.1. The largest absolute Gasteiger partial charge is 0.481 e. The summed E-state index contributed by atoms with van der Waals surface area (Å²) in [4.78, 5) is 12.4. The molecule has 2 rings (SSSR count). The van der Waals surface area contributed by atoms with Crippen molar-refractivity contribution in [2.24, 2.45) is 0 Å². The second kappa shape index (κ2) is 8.03. The molecule has 1 amide bonds. The van der Waals surface area contributed by atoms with E-state index < -0.39 is 23.8 Å². The molecule has 0 aliphatic carbocycles. The predicted molar refractivity (Wildman–Crippen MR) is 99.9 cm³/mol. The number of amides is 1. The zero-order valence-corrected chi connectivity index (χ0v) is 15.9. The second-order valence-corrected chi connectivity index (χ2v) is 7.36. The number of benzene rings is 2. The molecule has 146 valence electrons. The number of carbonyl (C=O) groups is 1. The van der Waals surface area contributed by atoms with Gasteiger partial charge >= 0.3 is 6.18 Å². The van der Waals surface area contributed by atoms with E-state index >= 15 is 0 Å². The molecule has 0 bridgehead atoms. The third-order valence-electron chi connectivity index (χ3n) is 4.12. The van der Waals surface area contributed by atoms with Crippen molar-refractivity contribution in [3.8, 4) is 5.75 Å². The summed E-state index contributed by atoms with van der Waals surface area (Å²) in [7, 11) is 0. The van der Waals surface area contributed by atoms with Crippen LogP contribution in [0.4, 0.5) is 18.9 Å². The van der Waals surface area contributed by atoms with Gasteiger partial charge in [-0.3, -0.25) is 4.79 Å². The molecule has 0 saturated heterocycles. The van der Waals surface area contributed by atoms with Gasteiger partial charge in [0.05, 0.1) is 5.56 Å². The van der Waals surface area contributed by atoms with Gasteiger partial charge in [0.25, 0.3) is 5.91 Å². The van der Waals surface area contributed by atoms with Gasteiger partial charge in [0.15, 0.2) is 6.10 Å². The molecule has 1 N–H and O–H groups in total. The van der Waals surface area contributed by atoms with Crippen LogP contribution in [0.1, 0.15) is 45.2 Å². The normalized spacial score (nSPS) is 13.1. The maximum absolute atomic E-state index is 12.8. The first-order valence-electron chi connectivity index (χ1n) is 8.76. The Labute approximate surface area is 157 Å². The Bertz CT molecular complexity index is 777. The molecule has 27 heavy (non-hydrogen) atoms. The first kappa shape index (κ1) is 20.8. The van der Waals surface area contributed by atoms with Crippen LogP contribution >= 0.6 is 0 Å². The maximum atomic E-state index is 12.8. The van der Waals surface area contributed by atoms with Crippen molar-refractivity contribution >= 4 is 11.6 Å². The highest BCUT2D eigenvalue weighted by Crippen LogP contribution is 2.31. The number of rotatable bonds is 5. The molecule has 0 aliphatic heterocycles. The van der Waals surface area contributed by atoms with Crippen LogP contribution in [0.2, 0.25) is 0 Å². The van der Waals surface area contributed by atoms with Gasteiger partial charge in [0, 0.05) is 5.69 Å². The van der Waals surface area contributed by atoms with Gasteiger partial charge in [-0.25, -0.2) is 0 Å². The molecular formula is C21H24F3NO2. The van der Waals surface area contributed by atoms with E-state index in [1.165, 1.54) is 12.1 Å². The fourth-order valence-corrected chi connectivity index (χ4v) is 2.52. The monoisotopic (exact) mass is 379 g/mol. The standard InChI is InChI=1S/C21H24F3NO2/c1-5-18(27-17-11-9-14(10-12-17)20(2,3)4)19(26)25-16-8-6-7-15(13-16)21(22,23)24/h6-13,18H,5H2,1-4H3,(H,25,26)/t18-/m0/s1. The molecule has 2 aromatic rings. The lowest BCUT2D eigenvalue weighted by molar-refractivity contribution is -0.137. The van der Waals surface area contributed by atoms with Crippen molar-refractivity contribution in [1.82, 2.24) is 0 Å². The van der Waals surface area contributed by atoms with E-state index in [0.29, 0.717) is 12.2 Å². The van der Waals surface area contributed by atoms with Gasteiger partial charge in [-0.2, -0.15) is 13.2 Å². The van der Waals surface area contributed by atoms with E-state index in [4.69, 9.17) is 4.74 Å². The van der Waals surface area contributed by atoms with Crippen molar-refractivity contribution in [2.45, 2.75) is 51.8 Å². The van der Waals surface area contributed by atoms with Crippen LogP contribution in [-0.4, -0.2) is 12.0 Å². The minimum atomic E-state index is -4.46. The maximum Gasteiger partial charge on any atom is 0.416 e. The smallest absolute Gasteiger partial charge is 0.416 e. The van der Waals surface area contributed by atoms with Crippen LogP contribution in [0.25, 0.3) is 0 Å². The number of hydrogen-bond acceptors (Lipinski definition) is 2. The van der Waals surface area contributed by atoms with E-state index in [1.54, 1.807) is 19.1 Å². The van der Waals surface area contributed by atoms with E-state index in [9.17, 15) is 18.0 Å². The number of nitrogens with one attached hydrogen (secondary N) is 1. The molecule has 0 fully saturated rings. The summed E-state index contributed by atoms with van der Waals surface area (Å²) in [6.45, 7) is 8.07. The first-order valence-corrected chi connectivity index (χ1v) is 8.76. The Hall–Kier alpha value is -2.50. The average Bonchev–Trinajstić information content (AvgIpc) is 2.58. The van der Waals surface area contributed by atoms with Crippen molar-refractivity contribution < 1.29 is 22.7 Å². The Morgan fingerprint density at radius 3 is 2.19 bits per heavy atom. The molecular weight excluding hydrogens is 355 g/mol. The number of carbonyl (C=O) groups excluding carboxylic acids is 1. The molecule has 2 aromatic carbocycles. The van der Waals surface area contributed by atoms with Gasteiger partial charge in [0.1, 0.15) is 5.75 Å². The quantitative estimate of drug-likeness (QED) is 0.713. The van der Waals surface area contributed by atoms with Crippen LogP contribution in [0.15, 0.2) is 48.5 Å². The van der Waals surface area contributed by atoms with E-state index in [-0.39, 0.29) is 11.1 Å². The van der Waals surface area contributed by atoms with Crippen molar-refractivity contribution in [3.63, 3.8) is 0 Å². The van der Waals surface area contributed by atoms with Crippen LogP contribution in [0.5, 0.6) is 5.75 Å². The Balaban J connectivity index is 2.08. The summed E-state index contributed by atoms with van der Waals surface area (Å²) in [6.07, 6.45) is -4.89. The van der Waals surface area contributed by atoms with Crippen LogP contribution < -0.4 is 10.1 Å². The topological polar surface area (TPSA) is 38.3 Å². The summed E-state index contributed by atoms with van der Waals surface area (Å²) in [6, 6.07) is 12.0. The minimum Gasteiger partial charge on any atom is -0.481 e. The Morgan fingerprint density at radius 1 is 1.04 bits per heavy atom. The third-order valence-corrected chi connectivity index (χ3v) is 4.12. The summed E-state index contributed by atoms with van der Waals surface area (Å²) in [5.41, 5.74) is 0.409.